The number of halogens is 2. The van der Waals surface area contributed by atoms with Crippen molar-refractivity contribution in [1.29, 1.82) is 0 Å². The van der Waals surface area contributed by atoms with Gasteiger partial charge < -0.3 is 14.8 Å². The normalized spacial score (nSPS) is 17.0. The second-order valence-corrected chi connectivity index (χ2v) is 6.63. The second-order valence-electron chi connectivity index (χ2n) is 6.22. The fraction of sp³-hybridized carbons (Fsp3) is 0.350. The Bertz CT molecular complexity index is 740. The number of ether oxygens (including phenoxy) is 2. The summed E-state index contributed by atoms with van der Waals surface area (Å²) in [7, 11) is 1.34. The van der Waals surface area contributed by atoms with Gasteiger partial charge in [0.25, 0.3) is 0 Å². The van der Waals surface area contributed by atoms with Crippen molar-refractivity contribution in [3.05, 3.63) is 64.7 Å². The van der Waals surface area contributed by atoms with Crippen LogP contribution in [0.3, 0.4) is 0 Å². The van der Waals surface area contributed by atoms with Crippen LogP contribution in [0.5, 0.6) is 5.75 Å². The highest BCUT2D eigenvalue weighted by molar-refractivity contribution is 6.31. The van der Waals surface area contributed by atoms with E-state index < -0.39 is 5.97 Å². The standard InChI is InChI=1S/C20H23ClN2O3.ClH/c1-25-20(24)14-26-16-8-6-15(7-9-16)13-23-11-10-22-12-19(23)17-4-2-3-5-18(17)21;/h2-9,19,22H,10-14H2,1H3;1H. The predicted octanol–water partition coefficient (Wildman–Crippen LogP) is 3.46. The van der Waals surface area contributed by atoms with Gasteiger partial charge in [0, 0.05) is 37.2 Å². The molecule has 1 atom stereocenters. The topological polar surface area (TPSA) is 50.8 Å². The lowest BCUT2D eigenvalue weighted by Gasteiger charge is -2.37. The van der Waals surface area contributed by atoms with Crippen molar-refractivity contribution in [2.45, 2.75) is 12.6 Å². The van der Waals surface area contributed by atoms with Crippen molar-refractivity contribution in [3.63, 3.8) is 0 Å². The highest BCUT2D eigenvalue weighted by atomic mass is 35.5. The Labute approximate surface area is 171 Å². The maximum atomic E-state index is 11.1. The molecule has 3 rings (SSSR count). The number of carbonyl (C=O) groups is 1. The summed E-state index contributed by atoms with van der Waals surface area (Å²) >= 11 is 6.41. The summed E-state index contributed by atoms with van der Waals surface area (Å²) in [6.45, 7) is 3.54. The van der Waals surface area contributed by atoms with Gasteiger partial charge in [-0.2, -0.15) is 0 Å². The van der Waals surface area contributed by atoms with Crippen molar-refractivity contribution < 1.29 is 14.3 Å². The average molecular weight is 411 g/mol. The quantitative estimate of drug-likeness (QED) is 0.738. The summed E-state index contributed by atoms with van der Waals surface area (Å²) in [4.78, 5) is 13.6. The number of nitrogens with one attached hydrogen (secondary N) is 1. The number of hydrogen-bond donors (Lipinski definition) is 1. The van der Waals surface area contributed by atoms with Crippen LogP contribution in [0.4, 0.5) is 0 Å². The molecule has 1 fully saturated rings. The molecule has 1 N–H and O–H groups in total. The van der Waals surface area contributed by atoms with Crippen LogP contribution in [-0.4, -0.2) is 44.2 Å². The van der Waals surface area contributed by atoms with Crippen molar-refractivity contribution in [1.82, 2.24) is 10.2 Å². The van der Waals surface area contributed by atoms with Gasteiger partial charge in [0.15, 0.2) is 6.61 Å². The SMILES string of the molecule is COC(=O)COc1ccc(CN2CCNCC2c2ccccc2Cl)cc1.Cl. The second kappa shape index (κ2) is 10.5. The Morgan fingerprint density at radius 3 is 2.67 bits per heavy atom. The monoisotopic (exact) mass is 410 g/mol. The van der Waals surface area contributed by atoms with E-state index in [2.05, 4.69) is 21.0 Å². The van der Waals surface area contributed by atoms with E-state index in [4.69, 9.17) is 16.3 Å². The van der Waals surface area contributed by atoms with Gasteiger partial charge in [0.1, 0.15) is 5.75 Å². The molecule has 27 heavy (non-hydrogen) atoms. The molecule has 0 saturated carbocycles. The van der Waals surface area contributed by atoms with Crippen LogP contribution in [0.2, 0.25) is 5.02 Å². The third-order valence-corrected chi connectivity index (χ3v) is 4.86. The lowest BCUT2D eigenvalue weighted by molar-refractivity contribution is -0.142. The minimum Gasteiger partial charge on any atom is -0.482 e. The lowest BCUT2D eigenvalue weighted by Crippen LogP contribution is -2.45. The van der Waals surface area contributed by atoms with Gasteiger partial charge in [-0.25, -0.2) is 4.79 Å². The Morgan fingerprint density at radius 2 is 1.96 bits per heavy atom. The predicted molar refractivity (Wildman–Crippen MR) is 109 cm³/mol. The van der Waals surface area contributed by atoms with E-state index in [0.29, 0.717) is 5.75 Å². The van der Waals surface area contributed by atoms with Gasteiger partial charge in [0.2, 0.25) is 0 Å². The van der Waals surface area contributed by atoms with Crippen molar-refractivity contribution >= 4 is 30.0 Å². The molecule has 7 heteroatoms. The minimum absolute atomic E-state index is 0. The first-order chi connectivity index (χ1) is 12.7. The number of rotatable bonds is 6. The molecule has 2 aromatic rings. The summed E-state index contributed by atoms with van der Waals surface area (Å²) in [6.07, 6.45) is 0. The van der Waals surface area contributed by atoms with Crippen LogP contribution in [0.1, 0.15) is 17.2 Å². The smallest absolute Gasteiger partial charge is 0.343 e. The molecule has 0 aromatic heterocycles. The largest absolute Gasteiger partial charge is 0.482 e. The van der Waals surface area contributed by atoms with E-state index in [1.54, 1.807) is 0 Å². The fourth-order valence-corrected chi connectivity index (χ4v) is 3.38. The van der Waals surface area contributed by atoms with E-state index in [-0.39, 0.29) is 25.1 Å². The summed E-state index contributed by atoms with van der Waals surface area (Å²) in [5.41, 5.74) is 2.34. The molecule has 1 heterocycles. The van der Waals surface area contributed by atoms with Gasteiger partial charge in [0.05, 0.1) is 7.11 Å². The van der Waals surface area contributed by atoms with Crippen LogP contribution in [-0.2, 0) is 16.1 Å². The van der Waals surface area contributed by atoms with Crippen LogP contribution in [0.15, 0.2) is 48.5 Å². The first-order valence-corrected chi connectivity index (χ1v) is 9.03. The fourth-order valence-electron chi connectivity index (χ4n) is 3.11. The number of esters is 1. The molecule has 0 amide bonds. The molecule has 0 radical (unpaired) electrons. The first kappa shape index (κ1) is 21.5. The van der Waals surface area contributed by atoms with E-state index in [9.17, 15) is 4.79 Å². The van der Waals surface area contributed by atoms with Crippen LogP contribution in [0.25, 0.3) is 0 Å². The van der Waals surface area contributed by atoms with Crippen LogP contribution in [0, 0.1) is 0 Å². The molecule has 0 bridgehead atoms. The van der Waals surface area contributed by atoms with Gasteiger partial charge in [-0.1, -0.05) is 41.9 Å². The zero-order valence-electron chi connectivity index (χ0n) is 15.2. The Kier molecular flexibility index (Phi) is 8.38. The molecule has 146 valence electrons. The maximum Gasteiger partial charge on any atom is 0.343 e. The minimum atomic E-state index is -0.391. The Morgan fingerprint density at radius 1 is 1.22 bits per heavy atom. The van der Waals surface area contributed by atoms with Crippen molar-refractivity contribution in [2.75, 3.05) is 33.4 Å². The van der Waals surface area contributed by atoms with Crippen LogP contribution >= 0.6 is 24.0 Å². The van der Waals surface area contributed by atoms with Gasteiger partial charge in [-0.15, -0.1) is 12.4 Å². The number of methoxy groups -OCH3 is 1. The van der Waals surface area contributed by atoms with E-state index in [1.165, 1.54) is 12.7 Å². The average Bonchev–Trinajstić information content (AvgIpc) is 2.68. The Balaban J connectivity index is 0.00000261. The molecule has 1 aliphatic rings. The number of nitrogens with zero attached hydrogens (tertiary/aromatic N) is 1. The van der Waals surface area contributed by atoms with Gasteiger partial charge >= 0.3 is 5.97 Å². The van der Waals surface area contributed by atoms with E-state index >= 15 is 0 Å². The summed E-state index contributed by atoms with van der Waals surface area (Å²) in [5, 5.41) is 4.26. The molecule has 1 unspecified atom stereocenters. The molecule has 1 aliphatic heterocycles. The van der Waals surface area contributed by atoms with Crippen molar-refractivity contribution in [2.24, 2.45) is 0 Å². The summed E-state index contributed by atoms with van der Waals surface area (Å²) in [5.74, 6) is 0.264. The number of piperazine rings is 1. The Hall–Kier alpha value is -1.79. The number of carbonyl (C=O) groups excluding carboxylic acids is 1. The third kappa shape index (κ3) is 5.84. The van der Waals surface area contributed by atoms with Crippen LogP contribution < -0.4 is 10.1 Å². The third-order valence-electron chi connectivity index (χ3n) is 4.51. The molecule has 0 spiro atoms. The zero-order valence-corrected chi connectivity index (χ0v) is 16.8. The highest BCUT2D eigenvalue weighted by Gasteiger charge is 2.25. The number of hydrogen-bond acceptors (Lipinski definition) is 5. The molecular formula is C20H24Cl2N2O3. The highest BCUT2D eigenvalue weighted by Crippen LogP contribution is 2.29. The lowest BCUT2D eigenvalue weighted by atomic mass is 10.0. The van der Waals surface area contributed by atoms with Crippen molar-refractivity contribution in [3.8, 4) is 5.75 Å². The molecule has 2 aromatic carbocycles. The first-order valence-electron chi connectivity index (χ1n) is 8.65. The van der Waals surface area contributed by atoms with Gasteiger partial charge in [-0.3, -0.25) is 4.90 Å². The summed E-state index contributed by atoms with van der Waals surface area (Å²) < 4.78 is 9.97. The maximum absolute atomic E-state index is 11.1. The summed E-state index contributed by atoms with van der Waals surface area (Å²) in [6, 6.07) is 16.1. The molecule has 0 aliphatic carbocycles. The van der Waals surface area contributed by atoms with E-state index in [1.807, 2.05) is 42.5 Å². The molecule has 5 nitrogen and oxygen atoms in total. The number of benzene rings is 2. The van der Waals surface area contributed by atoms with E-state index in [0.717, 1.165) is 36.8 Å². The molecular weight excluding hydrogens is 387 g/mol. The molecule has 1 saturated heterocycles. The van der Waals surface area contributed by atoms with Gasteiger partial charge in [-0.05, 0) is 29.3 Å². The zero-order chi connectivity index (χ0) is 18.4.